The molecule has 0 aliphatic heterocycles. The van der Waals surface area contributed by atoms with Gasteiger partial charge in [-0.3, -0.25) is 0 Å². The van der Waals surface area contributed by atoms with E-state index >= 15 is 0 Å². The minimum atomic E-state index is 1.08. The van der Waals surface area contributed by atoms with Crippen LogP contribution >= 0.6 is 11.8 Å². The smallest absolute Gasteiger partial charge is 0.0139 e. The van der Waals surface area contributed by atoms with Crippen LogP contribution in [0.2, 0.25) is 0 Å². The molecule has 0 radical (unpaired) electrons. The normalized spacial score (nSPS) is 11.6. The first-order valence-electron chi connectivity index (χ1n) is 14.2. The molecule has 0 unspecified atom stereocenters. The molecule has 0 fully saturated rings. The summed E-state index contributed by atoms with van der Waals surface area (Å²) in [6.07, 6.45) is 33.9. The number of halogens is 1. The first-order chi connectivity index (χ1) is 14.8. The van der Waals surface area contributed by atoms with Gasteiger partial charge >= 0.3 is 0 Å². The van der Waals surface area contributed by atoms with Gasteiger partial charge in [0.2, 0.25) is 0 Å². The number of hydrogen-bond acceptors (Lipinski definition) is 1. The van der Waals surface area contributed by atoms with Gasteiger partial charge in [-0.2, -0.15) is 0 Å². The zero-order valence-electron chi connectivity index (χ0n) is 21.2. The molecule has 0 N–H and O–H groups in total. The maximum atomic E-state index is 6.38. The predicted octanol–water partition coefficient (Wildman–Crippen LogP) is 10.8. The quantitative estimate of drug-likeness (QED) is 0.0947. The molecular weight excluding hydrogens is 386 g/mol. The Kier molecular flexibility index (Phi) is 27.5. The summed E-state index contributed by atoms with van der Waals surface area (Å²) in [6.45, 7) is 6.75. The maximum Gasteiger partial charge on any atom is 0.0139 e. The largest absolute Gasteiger partial charge is 0.220 e. The molecule has 30 heavy (non-hydrogen) atoms. The Morgan fingerprint density at radius 1 is 0.333 bits per heavy atom. The summed E-state index contributed by atoms with van der Waals surface area (Å²) in [5.74, 6) is 0. The standard InChI is InChI=1S/C28H58ClN/c1-3-5-7-9-11-13-15-17-19-21-23-25-27-30(29)28-26-24-22-20-18-16-14-12-10-8-6-4-2/h3-28H2,1-2H3. The van der Waals surface area contributed by atoms with Gasteiger partial charge < -0.3 is 0 Å². The summed E-state index contributed by atoms with van der Waals surface area (Å²) >= 11 is 6.38. The SMILES string of the molecule is CCCCCCCCCCCCCCN(Cl)CCCCCCCCCCCCCC. The molecule has 0 aromatic heterocycles. The Hall–Kier alpha value is 0.250. The second kappa shape index (κ2) is 27.3. The summed E-state index contributed by atoms with van der Waals surface area (Å²) in [7, 11) is 0. The lowest BCUT2D eigenvalue weighted by molar-refractivity contribution is 0.411. The summed E-state index contributed by atoms with van der Waals surface area (Å²) in [4.78, 5) is 0. The molecule has 0 amide bonds. The van der Waals surface area contributed by atoms with E-state index in [1.54, 1.807) is 0 Å². The molecule has 0 spiro atoms. The highest BCUT2D eigenvalue weighted by Gasteiger charge is 2.01. The van der Waals surface area contributed by atoms with Gasteiger partial charge in [-0.15, -0.1) is 0 Å². The fraction of sp³-hybridized carbons (Fsp3) is 1.00. The van der Waals surface area contributed by atoms with E-state index in [0.717, 1.165) is 13.1 Å². The van der Waals surface area contributed by atoms with E-state index in [1.165, 1.54) is 154 Å². The van der Waals surface area contributed by atoms with Crippen LogP contribution in [-0.4, -0.2) is 17.5 Å². The van der Waals surface area contributed by atoms with Crippen LogP contribution in [0.15, 0.2) is 0 Å². The Labute approximate surface area is 197 Å². The Morgan fingerprint density at radius 2 is 0.533 bits per heavy atom. The average Bonchev–Trinajstić information content (AvgIpc) is 2.75. The number of rotatable bonds is 26. The Balaban J connectivity index is 3.13. The van der Waals surface area contributed by atoms with E-state index in [0.29, 0.717) is 0 Å². The second-order valence-electron chi connectivity index (χ2n) is 9.69. The van der Waals surface area contributed by atoms with E-state index < -0.39 is 0 Å². The topological polar surface area (TPSA) is 3.24 Å². The molecule has 0 aromatic rings. The molecule has 182 valence electrons. The summed E-state index contributed by atoms with van der Waals surface area (Å²) in [5, 5.41) is 0. The average molecular weight is 444 g/mol. The van der Waals surface area contributed by atoms with Gasteiger partial charge in [-0.05, 0) is 24.6 Å². The van der Waals surface area contributed by atoms with Gasteiger partial charge in [0.15, 0.2) is 0 Å². The van der Waals surface area contributed by atoms with Crippen molar-refractivity contribution in [2.75, 3.05) is 13.1 Å². The Morgan fingerprint density at radius 3 is 0.767 bits per heavy atom. The van der Waals surface area contributed by atoms with Crippen molar-refractivity contribution >= 4 is 11.8 Å². The highest BCUT2D eigenvalue weighted by Crippen LogP contribution is 2.14. The summed E-state index contributed by atoms with van der Waals surface area (Å²) in [5.41, 5.74) is 0. The van der Waals surface area contributed by atoms with Gasteiger partial charge in [0.25, 0.3) is 0 Å². The fourth-order valence-corrected chi connectivity index (χ4v) is 4.60. The summed E-state index contributed by atoms with van der Waals surface area (Å²) < 4.78 is 2.05. The highest BCUT2D eigenvalue weighted by atomic mass is 35.5. The zero-order valence-corrected chi connectivity index (χ0v) is 22.0. The van der Waals surface area contributed by atoms with Gasteiger partial charge in [0.1, 0.15) is 0 Å². The molecule has 0 saturated carbocycles. The maximum absolute atomic E-state index is 6.38. The third-order valence-electron chi connectivity index (χ3n) is 6.51. The molecule has 0 bridgehead atoms. The van der Waals surface area contributed by atoms with E-state index in [2.05, 4.69) is 13.8 Å². The molecular formula is C28H58ClN. The number of nitrogens with zero attached hydrogens (tertiary/aromatic N) is 1. The first kappa shape index (κ1) is 30.2. The van der Waals surface area contributed by atoms with Crippen molar-refractivity contribution in [3.8, 4) is 0 Å². The van der Waals surface area contributed by atoms with Crippen LogP contribution in [0.3, 0.4) is 0 Å². The Bertz CT molecular complexity index is 266. The number of hydrogen-bond donors (Lipinski definition) is 0. The van der Waals surface area contributed by atoms with Crippen molar-refractivity contribution in [1.82, 2.24) is 4.42 Å². The van der Waals surface area contributed by atoms with Crippen molar-refractivity contribution in [2.45, 2.75) is 168 Å². The molecule has 0 aromatic carbocycles. The molecule has 0 aliphatic carbocycles. The van der Waals surface area contributed by atoms with E-state index in [-0.39, 0.29) is 0 Å². The van der Waals surface area contributed by atoms with E-state index in [1.807, 2.05) is 4.42 Å². The third kappa shape index (κ3) is 26.3. The van der Waals surface area contributed by atoms with Crippen LogP contribution < -0.4 is 0 Å². The van der Waals surface area contributed by atoms with Gasteiger partial charge in [-0.25, -0.2) is 4.42 Å². The molecule has 2 heteroatoms. The first-order valence-corrected chi connectivity index (χ1v) is 14.6. The summed E-state index contributed by atoms with van der Waals surface area (Å²) in [6, 6.07) is 0. The predicted molar refractivity (Wildman–Crippen MR) is 140 cm³/mol. The fourth-order valence-electron chi connectivity index (χ4n) is 4.36. The van der Waals surface area contributed by atoms with Crippen molar-refractivity contribution in [3.05, 3.63) is 0 Å². The van der Waals surface area contributed by atoms with Crippen LogP contribution in [0.1, 0.15) is 168 Å². The number of unbranched alkanes of at least 4 members (excludes halogenated alkanes) is 22. The van der Waals surface area contributed by atoms with Crippen molar-refractivity contribution in [3.63, 3.8) is 0 Å². The minimum absolute atomic E-state index is 1.08. The third-order valence-corrected chi connectivity index (χ3v) is 6.85. The van der Waals surface area contributed by atoms with Gasteiger partial charge in [0, 0.05) is 13.1 Å². The lowest BCUT2D eigenvalue weighted by Gasteiger charge is -2.13. The molecule has 0 atom stereocenters. The lowest BCUT2D eigenvalue weighted by Crippen LogP contribution is -2.15. The van der Waals surface area contributed by atoms with Crippen molar-refractivity contribution < 1.29 is 0 Å². The second-order valence-corrected chi connectivity index (χ2v) is 10.2. The molecule has 1 nitrogen and oxygen atoms in total. The van der Waals surface area contributed by atoms with Crippen LogP contribution in [-0.2, 0) is 0 Å². The molecule has 0 rings (SSSR count). The van der Waals surface area contributed by atoms with Crippen LogP contribution in [0.4, 0.5) is 0 Å². The van der Waals surface area contributed by atoms with Crippen LogP contribution in [0, 0.1) is 0 Å². The monoisotopic (exact) mass is 443 g/mol. The minimum Gasteiger partial charge on any atom is -0.220 e. The van der Waals surface area contributed by atoms with Crippen molar-refractivity contribution in [2.24, 2.45) is 0 Å². The lowest BCUT2D eigenvalue weighted by atomic mass is 10.1. The van der Waals surface area contributed by atoms with Gasteiger partial charge in [0.05, 0.1) is 0 Å². The highest BCUT2D eigenvalue weighted by molar-refractivity contribution is 6.13. The van der Waals surface area contributed by atoms with E-state index in [4.69, 9.17) is 11.8 Å². The molecule has 0 aliphatic rings. The zero-order chi connectivity index (χ0) is 22.0. The van der Waals surface area contributed by atoms with E-state index in [9.17, 15) is 0 Å². The molecule has 0 heterocycles. The molecule has 0 saturated heterocycles. The van der Waals surface area contributed by atoms with Crippen molar-refractivity contribution in [1.29, 1.82) is 0 Å². The van der Waals surface area contributed by atoms with Crippen LogP contribution in [0.25, 0.3) is 0 Å². The van der Waals surface area contributed by atoms with Crippen LogP contribution in [0.5, 0.6) is 0 Å². The van der Waals surface area contributed by atoms with Gasteiger partial charge in [-0.1, -0.05) is 155 Å².